The van der Waals surface area contributed by atoms with Crippen molar-refractivity contribution in [1.29, 1.82) is 0 Å². The Morgan fingerprint density at radius 2 is 1.26 bits per heavy atom. The molecule has 0 fully saturated rings. The van der Waals surface area contributed by atoms with Gasteiger partial charge in [0.05, 0.1) is 0 Å². The molecular formula is C14H5BrF4. The van der Waals surface area contributed by atoms with E-state index in [4.69, 9.17) is 0 Å². The lowest BCUT2D eigenvalue weighted by atomic mass is 10.0. The predicted octanol–water partition coefficient (Wildman–Crippen LogP) is 5.31. The molecule has 5 heteroatoms. The van der Waals surface area contributed by atoms with Crippen LogP contribution < -0.4 is 0 Å². The predicted molar refractivity (Wildman–Crippen MR) is 69.0 cm³/mol. The lowest BCUT2D eigenvalue weighted by molar-refractivity contribution is 0.418. The van der Waals surface area contributed by atoms with Gasteiger partial charge in [-0.15, -0.1) is 0 Å². The first-order chi connectivity index (χ1) is 9.02. The molecule has 0 radical (unpaired) electrons. The van der Waals surface area contributed by atoms with Gasteiger partial charge in [0.1, 0.15) is 0 Å². The summed E-state index contributed by atoms with van der Waals surface area (Å²) in [5.41, 5.74) is 0. The van der Waals surface area contributed by atoms with E-state index >= 15 is 0 Å². The highest BCUT2D eigenvalue weighted by Crippen LogP contribution is 2.35. The Kier molecular flexibility index (Phi) is 2.74. The number of fused-ring (bicyclic) bond motifs is 3. The van der Waals surface area contributed by atoms with E-state index in [1.54, 1.807) is 12.1 Å². The number of hydrogen-bond donors (Lipinski definition) is 0. The number of hydrogen-bond acceptors (Lipinski definition) is 0. The summed E-state index contributed by atoms with van der Waals surface area (Å²) in [5.74, 6) is -6.34. The van der Waals surface area contributed by atoms with Crippen LogP contribution in [0.3, 0.4) is 0 Å². The van der Waals surface area contributed by atoms with Crippen LogP contribution in [0.5, 0.6) is 0 Å². The van der Waals surface area contributed by atoms with Gasteiger partial charge < -0.3 is 0 Å². The zero-order chi connectivity index (χ0) is 13.7. The molecule has 0 amide bonds. The third-order valence-corrected chi connectivity index (χ3v) is 3.73. The van der Waals surface area contributed by atoms with Crippen LogP contribution in [-0.4, -0.2) is 0 Å². The molecule has 0 heterocycles. The summed E-state index contributed by atoms with van der Waals surface area (Å²) in [6, 6.07) is 7.64. The molecule has 0 N–H and O–H groups in total. The van der Waals surface area contributed by atoms with E-state index in [2.05, 4.69) is 15.9 Å². The Hall–Kier alpha value is -1.62. The van der Waals surface area contributed by atoms with Crippen molar-refractivity contribution in [3.63, 3.8) is 0 Å². The summed E-state index contributed by atoms with van der Waals surface area (Å²) in [4.78, 5) is 0. The summed E-state index contributed by atoms with van der Waals surface area (Å²) in [6.45, 7) is 0. The van der Waals surface area contributed by atoms with Crippen LogP contribution in [0, 0.1) is 23.3 Å². The molecule has 0 saturated heterocycles. The van der Waals surface area contributed by atoms with Gasteiger partial charge in [0.15, 0.2) is 23.3 Å². The first kappa shape index (κ1) is 12.4. The molecule has 0 unspecified atom stereocenters. The van der Waals surface area contributed by atoms with Gasteiger partial charge in [-0.1, -0.05) is 40.2 Å². The molecule has 0 saturated carbocycles. The molecule has 3 aromatic carbocycles. The van der Waals surface area contributed by atoms with E-state index < -0.39 is 23.3 Å². The minimum atomic E-state index is -1.79. The van der Waals surface area contributed by atoms with Crippen LogP contribution in [-0.2, 0) is 0 Å². The topological polar surface area (TPSA) is 0 Å². The maximum atomic E-state index is 13.9. The first-order valence-electron chi connectivity index (χ1n) is 5.35. The number of halogens is 5. The van der Waals surface area contributed by atoms with E-state index in [9.17, 15) is 17.6 Å². The second-order valence-electron chi connectivity index (χ2n) is 4.08. The van der Waals surface area contributed by atoms with Gasteiger partial charge in [-0.25, -0.2) is 17.6 Å². The molecule has 0 aliphatic rings. The summed E-state index contributed by atoms with van der Waals surface area (Å²) in [7, 11) is 0. The van der Waals surface area contributed by atoms with Gasteiger partial charge in [-0.2, -0.15) is 0 Å². The number of benzene rings is 3. The van der Waals surface area contributed by atoms with Gasteiger partial charge in [0, 0.05) is 15.2 Å². The third-order valence-electron chi connectivity index (χ3n) is 3.04. The molecular weight excluding hydrogens is 324 g/mol. The lowest BCUT2D eigenvalue weighted by Crippen LogP contribution is -1.98. The monoisotopic (exact) mass is 328 g/mol. The lowest BCUT2D eigenvalue weighted by Gasteiger charge is -2.09. The van der Waals surface area contributed by atoms with Crippen LogP contribution in [0.4, 0.5) is 17.6 Å². The Labute approximate surface area is 113 Å². The highest BCUT2D eigenvalue weighted by Gasteiger charge is 2.21. The fraction of sp³-hybridized carbons (Fsp3) is 0. The summed E-state index contributed by atoms with van der Waals surface area (Å²) >= 11 is 3.27. The maximum absolute atomic E-state index is 13.9. The molecule has 96 valence electrons. The number of rotatable bonds is 0. The molecule has 0 nitrogen and oxygen atoms in total. The van der Waals surface area contributed by atoms with E-state index in [0.717, 1.165) is 0 Å². The average Bonchev–Trinajstić information content (AvgIpc) is 2.42. The quantitative estimate of drug-likeness (QED) is 0.227. The van der Waals surface area contributed by atoms with Crippen LogP contribution in [0.15, 0.2) is 34.8 Å². The zero-order valence-corrected chi connectivity index (χ0v) is 10.9. The van der Waals surface area contributed by atoms with Gasteiger partial charge in [-0.3, -0.25) is 0 Å². The summed E-state index contributed by atoms with van der Waals surface area (Å²) in [6.07, 6.45) is 0. The van der Waals surface area contributed by atoms with E-state index in [1.807, 2.05) is 0 Å². The molecule has 3 rings (SSSR count). The van der Waals surface area contributed by atoms with Crippen molar-refractivity contribution in [1.82, 2.24) is 0 Å². The molecule has 3 aromatic rings. The van der Waals surface area contributed by atoms with E-state index in [1.165, 1.54) is 18.2 Å². The van der Waals surface area contributed by atoms with E-state index in [-0.39, 0.29) is 10.8 Å². The largest absolute Gasteiger partial charge is 0.203 e. The standard InChI is InChI=1S/C14H5BrF4/c15-9-3-1-2-7-6(9)4-5-8-10(7)12(17)14(19)13(18)11(8)16/h1-5H. The average molecular weight is 329 g/mol. The minimum Gasteiger partial charge on any atom is -0.203 e. The summed E-state index contributed by atoms with van der Waals surface area (Å²) < 4.78 is 54.8. The fourth-order valence-corrected chi connectivity index (χ4v) is 2.66. The van der Waals surface area contributed by atoms with Gasteiger partial charge in [0.2, 0.25) is 0 Å². The van der Waals surface area contributed by atoms with Crippen molar-refractivity contribution in [2.45, 2.75) is 0 Å². The van der Waals surface area contributed by atoms with Crippen LogP contribution in [0.2, 0.25) is 0 Å². The third kappa shape index (κ3) is 1.64. The Balaban J connectivity index is 2.67. The molecule has 0 spiro atoms. The van der Waals surface area contributed by atoms with Crippen molar-refractivity contribution in [2.24, 2.45) is 0 Å². The van der Waals surface area contributed by atoms with Crippen molar-refractivity contribution in [3.8, 4) is 0 Å². The van der Waals surface area contributed by atoms with Gasteiger partial charge in [0.25, 0.3) is 0 Å². The molecule has 0 aliphatic heterocycles. The van der Waals surface area contributed by atoms with Crippen molar-refractivity contribution >= 4 is 37.5 Å². The van der Waals surface area contributed by atoms with Crippen LogP contribution >= 0.6 is 15.9 Å². The SMILES string of the molecule is Fc1c(F)c(F)c2c(ccc3c(Br)cccc32)c1F. The Morgan fingerprint density at radius 3 is 2.00 bits per heavy atom. The first-order valence-corrected chi connectivity index (χ1v) is 6.14. The molecule has 0 bridgehead atoms. The smallest absolute Gasteiger partial charge is 0.198 e. The van der Waals surface area contributed by atoms with Crippen LogP contribution in [0.25, 0.3) is 21.5 Å². The minimum absolute atomic E-state index is 0.254. The summed E-state index contributed by atoms with van der Waals surface area (Å²) in [5, 5.41) is 0.388. The molecule has 19 heavy (non-hydrogen) atoms. The molecule has 0 aliphatic carbocycles. The second-order valence-corrected chi connectivity index (χ2v) is 4.93. The van der Waals surface area contributed by atoms with Gasteiger partial charge in [-0.05, 0) is 16.8 Å². The van der Waals surface area contributed by atoms with E-state index in [0.29, 0.717) is 15.2 Å². The zero-order valence-electron chi connectivity index (χ0n) is 9.28. The van der Waals surface area contributed by atoms with Crippen molar-refractivity contribution < 1.29 is 17.6 Å². The van der Waals surface area contributed by atoms with Crippen LogP contribution in [0.1, 0.15) is 0 Å². The fourth-order valence-electron chi connectivity index (χ4n) is 2.16. The second kappa shape index (κ2) is 4.20. The Morgan fingerprint density at radius 1 is 0.632 bits per heavy atom. The van der Waals surface area contributed by atoms with Crippen molar-refractivity contribution in [3.05, 3.63) is 58.1 Å². The maximum Gasteiger partial charge on any atom is 0.198 e. The molecule has 0 aromatic heterocycles. The highest BCUT2D eigenvalue weighted by molar-refractivity contribution is 9.10. The Bertz CT molecular complexity index is 827. The highest BCUT2D eigenvalue weighted by atomic mass is 79.9. The molecule has 0 atom stereocenters. The normalized spacial score (nSPS) is 11.4. The van der Waals surface area contributed by atoms with Gasteiger partial charge >= 0.3 is 0 Å². The van der Waals surface area contributed by atoms with Crippen molar-refractivity contribution in [2.75, 3.05) is 0 Å².